The first-order valence-corrected chi connectivity index (χ1v) is 41.1. The molecule has 34 nitrogen and oxygen atoms in total. The van der Waals surface area contributed by atoms with Gasteiger partial charge < -0.3 is 111 Å². The van der Waals surface area contributed by atoms with E-state index in [9.17, 15) is 83.4 Å². The van der Waals surface area contributed by atoms with Crippen LogP contribution in [0.5, 0.6) is 63.2 Å². The number of esters is 11. The third-order valence-electron chi connectivity index (χ3n) is 18.5. The predicted octanol–water partition coefficient (Wildman–Crippen LogP) is 11.2. The van der Waals surface area contributed by atoms with Gasteiger partial charge in [-0.05, 0) is 223 Å². The van der Waals surface area contributed by atoms with Crippen LogP contribution in [0.2, 0.25) is 0 Å². The fraction of sp³-hybridized carbons (Fsp3) is 0.230. The van der Waals surface area contributed by atoms with Crippen molar-refractivity contribution in [1.82, 2.24) is 0 Å². The van der Waals surface area contributed by atoms with Crippen molar-refractivity contribution >= 4 is 65.7 Å². The van der Waals surface area contributed by atoms with Crippen LogP contribution in [0.25, 0.3) is 11.1 Å². The van der Waals surface area contributed by atoms with Crippen LogP contribution in [0.4, 0.5) is 0 Å². The first-order valence-electron chi connectivity index (χ1n) is 41.1. The van der Waals surface area contributed by atoms with E-state index in [-0.39, 0.29) is 121 Å². The van der Waals surface area contributed by atoms with Gasteiger partial charge in [-0.25, -0.2) is 52.7 Å². The highest BCUT2D eigenvalue weighted by molar-refractivity contribution is 5.95. The Morgan fingerprint density at radius 2 is 0.485 bits per heavy atom. The van der Waals surface area contributed by atoms with Gasteiger partial charge in [-0.1, -0.05) is 58.5 Å². The summed E-state index contributed by atoms with van der Waals surface area (Å²) in [4.78, 5) is 130. The second kappa shape index (κ2) is 54.0. The number of carbonyl (C=O) groups excluding carboxylic acids is 11. The van der Waals surface area contributed by atoms with Crippen molar-refractivity contribution in [3.05, 3.63) is 321 Å². The standard InChI is InChI=1S/C40H36O12.C33H32O12.C27H30O10/c1-4-37(43)49-22-27(41)20-47-29-10-6-25(7-11-29)39(45)51-31-14-16-33-34-17-15-32(19-36(34)24(3)35(33)18-31)52-40(46)26-8-12-30(13-9-26)48-21-28(42)23-50-38(44)5-2;1-4-30(36)42-19-24(34)17-40-26-10-6-22(7-11-26)32(38)44-28-14-15-29(21(3)16-28)45-33(39)23-8-12-27(13-9-23)41-18-25(35)20-43-31(37)5-2;1-3-25(30)35-17-20(28)13-15-33-22-7-5-19(6-8-22)27(32)37-24-11-9-23(10-12-24)34-16-14-21(29)18-36-26(31)4-2/h4-19,24,27-28,41-42H,1-2,20-23H2,3H3;4-16,24-25,34-35H,1-2,17-20H2,3H3;3-12,20-21,28-29H,1-2,13-18H2. The van der Waals surface area contributed by atoms with Crippen molar-refractivity contribution < 1.29 is 164 Å². The molecule has 1 aliphatic rings. The molecule has 0 fully saturated rings. The van der Waals surface area contributed by atoms with Gasteiger partial charge in [0, 0.05) is 55.2 Å². The summed E-state index contributed by atoms with van der Waals surface area (Å²) in [6.45, 7) is 22.0. The summed E-state index contributed by atoms with van der Waals surface area (Å²) in [6.07, 6.45) is 0.643. The number of rotatable bonds is 48. The number of aliphatic hydroxyl groups is 6. The Hall–Kier alpha value is -15.9. The topological polar surface area (TPSA) is 466 Å². The number of hydrogen-bond acceptors (Lipinski definition) is 34. The molecule has 0 heterocycles. The van der Waals surface area contributed by atoms with Crippen molar-refractivity contribution in [1.29, 1.82) is 0 Å². The maximum Gasteiger partial charge on any atom is 0.343 e. The fourth-order valence-electron chi connectivity index (χ4n) is 11.4. The van der Waals surface area contributed by atoms with E-state index in [1.54, 1.807) is 122 Å². The van der Waals surface area contributed by atoms with Crippen molar-refractivity contribution in [3.8, 4) is 74.4 Å². The molecule has 134 heavy (non-hydrogen) atoms. The molecule has 0 saturated carbocycles. The van der Waals surface area contributed by atoms with Crippen LogP contribution in [0.15, 0.2) is 276 Å². The largest absolute Gasteiger partial charge is 0.493 e. The van der Waals surface area contributed by atoms with E-state index < -0.39 is 102 Å². The first-order chi connectivity index (χ1) is 64.4. The molecule has 0 spiro atoms. The second-order valence-corrected chi connectivity index (χ2v) is 28.6. The molecule has 10 rings (SSSR count). The number of aliphatic hydroxyl groups excluding tert-OH is 6. The molecule has 0 radical (unpaired) electrons. The Labute approximate surface area is 769 Å². The predicted molar refractivity (Wildman–Crippen MR) is 479 cm³/mol. The zero-order chi connectivity index (χ0) is 97.0. The molecule has 0 saturated heterocycles. The van der Waals surface area contributed by atoms with E-state index in [0.717, 1.165) is 58.7 Å². The molecule has 0 aliphatic heterocycles. The van der Waals surface area contributed by atoms with Crippen LogP contribution >= 0.6 is 0 Å². The highest BCUT2D eigenvalue weighted by Crippen LogP contribution is 2.47. The van der Waals surface area contributed by atoms with Gasteiger partial charge in [-0.15, -0.1) is 0 Å². The zero-order valence-corrected chi connectivity index (χ0v) is 72.8. The average molecular weight is 1840 g/mol. The Morgan fingerprint density at radius 1 is 0.269 bits per heavy atom. The lowest BCUT2D eigenvalue weighted by molar-refractivity contribution is -0.142. The monoisotopic (exact) mass is 1840 g/mol. The molecule has 9 aromatic carbocycles. The molecular formula is C100H98O34. The minimum Gasteiger partial charge on any atom is -0.493 e. The lowest BCUT2D eigenvalue weighted by atomic mass is 9.99. The van der Waals surface area contributed by atoms with Crippen LogP contribution in [0, 0.1) is 6.92 Å². The number of fused-ring (bicyclic) bond motifs is 3. The van der Waals surface area contributed by atoms with Crippen LogP contribution in [0.3, 0.4) is 0 Å². The van der Waals surface area contributed by atoms with Crippen molar-refractivity contribution in [2.24, 2.45) is 0 Å². The van der Waals surface area contributed by atoms with E-state index in [2.05, 4.69) is 39.5 Å². The third-order valence-corrected chi connectivity index (χ3v) is 18.5. The third kappa shape index (κ3) is 35.2. The average Bonchev–Trinajstić information content (AvgIpc) is 1.61. The van der Waals surface area contributed by atoms with Crippen LogP contribution in [-0.2, 0) is 57.2 Å². The van der Waals surface area contributed by atoms with Gasteiger partial charge in [-0.3, -0.25) is 0 Å². The Kier molecular flexibility index (Phi) is 41.7. The fourth-order valence-corrected chi connectivity index (χ4v) is 11.4. The number of benzene rings is 9. The smallest absolute Gasteiger partial charge is 0.343 e. The van der Waals surface area contributed by atoms with Gasteiger partial charge in [-0.2, -0.15) is 0 Å². The van der Waals surface area contributed by atoms with E-state index in [1.807, 2.05) is 31.2 Å². The molecule has 9 aromatic rings. The van der Waals surface area contributed by atoms with Gasteiger partial charge in [0.15, 0.2) is 0 Å². The molecule has 0 bridgehead atoms. The van der Waals surface area contributed by atoms with Crippen LogP contribution in [-0.4, -0.2) is 212 Å². The molecule has 34 heteroatoms. The van der Waals surface area contributed by atoms with Gasteiger partial charge in [0.05, 0.1) is 53.2 Å². The Bertz CT molecular complexity index is 5390. The van der Waals surface area contributed by atoms with Gasteiger partial charge >= 0.3 is 65.7 Å². The Balaban J connectivity index is 0.000000251. The lowest BCUT2D eigenvalue weighted by Gasteiger charge is -2.13. The molecule has 0 amide bonds. The number of ether oxygens (including phenoxy) is 17. The van der Waals surface area contributed by atoms with E-state index in [1.165, 1.54) is 60.7 Å². The quantitative estimate of drug-likeness (QED) is 0.00892. The van der Waals surface area contributed by atoms with E-state index in [0.29, 0.717) is 74.0 Å². The summed E-state index contributed by atoms with van der Waals surface area (Å²) in [5.41, 5.74) is 5.78. The highest BCUT2D eigenvalue weighted by atomic mass is 16.6. The van der Waals surface area contributed by atoms with Crippen molar-refractivity contribution in [3.63, 3.8) is 0 Å². The second-order valence-electron chi connectivity index (χ2n) is 28.6. The highest BCUT2D eigenvalue weighted by Gasteiger charge is 2.29. The summed E-state index contributed by atoms with van der Waals surface area (Å²) in [5, 5.41) is 59.0. The van der Waals surface area contributed by atoms with Crippen molar-refractivity contribution in [2.75, 3.05) is 79.3 Å². The van der Waals surface area contributed by atoms with E-state index in [4.69, 9.17) is 80.5 Å². The maximum absolute atomic E-state index is 12.9. The summed E-state index contributed by atoms with van der Waals surface area (Å²) in [7, 11) is 0. The number of aryl methyl sites for hydroxylation is 1. The van der Waals surface area contributed by atoms with Gasteiger partial charge in [0.1, 0.15) is 154 Å². The normalized spacial score (nSPS) is 12.6. The molecule has 1 aliphatic carbocycles. The number of carbonyl (C=O) groups is 11. The maximum atomic E-state index is 12.9. The molecule has 702 valence electrons. The minimum absolute atomic E-state index is 0.0820. The SMILES string of the molecule is C=CC(=O)OCC(O)CCOc1ccc(OC(=O)c2ccc(OCCC(O)COC(=O)C=C)cc2)cc1.C=CC(=O)OCC(O)COc1ccc(C(=O)Oc2ccc(OC(=O)c3ccc(OCC(O)COC(=O)C=C)cc3)c(C)c2)cc1.C=CC(=O)OCC(O)COc1ccc(C(=O)Oc2ccc3c(c2)C(C)c2cc(OC(=O)c4ccc(OCC(O)COC(=O)C=C)cc4)ccc2-3)cc1. The molecule has 0 aromatic heterocycles. The molecule has 6 unspecified atom stereocenters. The summed E-state index contributed by atoms with van der Waals surface area (Å²) in [5.74, 6) is -2.70. The first kappa shape index (κ1) is 104. The van der Waals surface area contributed by atoms with Gasteiger partial charge in [0.2, 0.25) is 0 Å². The number of hydrogen-bond donors (Lipinski definition) is 6. The summed E-state index contributed by atoms with van der Waals surface area (Å²) in [6, 6.07) is 52.6. The van der Waals surface area contributed by atoms with Crippen LogP contribution in [0.1, 0.15) is 94.2 Å². The molecule has 6 N–H and O–H groups in total. The molecule has 6 atom stereocenters. The lowest BCUT2D eigenvalue weighted by Crippen LogP contribution is -2.24. The van der Waals surface area contributed by atoms with Crippen molar-refractivity contribution in [2.45, 2.75) is 69.2 Å². The van der Waals surface area contributed by atoms with Crippen LogP contribution < -0.4 is 52.1 Å². The Morgan fingerprint density at radius 3 is 0.754 bits per heavy atom. The molecular weight excluding hydrogens is 1750 g/mol. The zero-order valence-electron chi connectivity index (χ0n) is 72.8. The van der Waals surface area contributed by atoms with E-state index >= 15 is 0 Å². The minimum atomic E-state index is -1.04. The summed E-state index contributed by atoms with van der Waals surface area (Å²) < 4.78 is 89.1. The summed E-state index contributed by atoms with van der Waals surface area (Å²) >= 11 is 0. The van der Waals surface area contributed by atoms with Gasteiger partial charge in [0.25, 0.3) is 0 Å².